The molecule has 2 aromatic heterocycles. The number of aryl methyl sites for hydroxylation is 1. The van der Waals surface area contributed by atoms with Crippen LogP contribution in [0.25, 0.3) is 11.0 Å². The van der Waals surface area contributed by atoms with Crippen molar-refractivity contribution >= 4 is 32.7 Å². The highest BCUT2D eigenvalue weighted by Crippen LogP contribution is 2.26. The Bertz CT molecular complexity index is 883. The normalized spacial score (nSPS) is 11.9. The third kappa shape index (κ3) is 1.99. The first-order valence-corrected chi connectivity index (χ1v) is 7.76. The van der Waals surface area contributed by atoms with E-state index in [2.05, 4.69) is 4.98 Å². The fourth-order valence-electron chi connectivity index (χ4n) is 2.02. The zero-order valence-corrected chi connectivity index (χ0v) is 12.2. The molecule has 0 saturated carbocycles. The van der Waals surface area contributed by atoms with Gasteiger partial charge in [-0.3, -0.25) is 4.98 Å². The van der Waals surface area contributed by atoms with Crippen molar-refractivity contribution in [3.63, 3.8) is 0 Å². The van der Waals surface area contributed by atoms with Gasteiger partial charge >= 0.3 is 0 Å². The average Bonchev–Trinajstić information content (AvgIpc) is 2.85. The molecule has 0 saturated heterocycles. The van der Waals surface area contributed by atoms with Crippen molar-refractivity contribution in [2.45, 2.75) is 11.8 Å². The minimum Gasteiger partial charge on any atom is -0.254 e. The summed E-state index contributed by atoms with van der Waals surface area (Å²) in [5, 5.41) is 0.357. The second-order valence-corrected chi connectivity index (χ2v) is 6.68. The molecule has 0 N–H and O–H groups in total. The third-order valence-electron chi connectivity index (χ3n) is 3.07. The Labute approximate surface area is 121 Å². The van der Waals surface area contributed by atoms with Gasteiger partial charge in [0, 0.05) is 12.4 Å². The van der Waals surface area contributed by atoms with Gasteiger partial charge in [-0.15, -0.1) is 0 Å². The Morgan fingerprint density at radius 3 is 2.50 bits per heavy atom. The smallest absolute Gasteiger partial charge is 0.254 e. The van der Waals surface area contributed by atoms with Crippen LogP contribution < -0.4 is 0 Å². The predicted molar refractivity (Wildman–Crippen MR) is 78.5 cm³/mol. The average molecular weight is 307 g/mol. The molecule has 0 bridgehead atoms. The molecule has 4 nitrogen and oxygen atoms in total. The Kier molecular flexibility index (Phi) is 3.03. The van der Waals surface area contributed by atoms with Crippen LogP contribution in [0.3, 0.4) is 0 Å². The summed E-state index contributed by atoms with van der Waals surface area (Å²) in [5.41, 5.74) is 1.95. The summed E-state index contributed by atoms with van der Waals surface area (Å²) in [5.74, 6) is 0. The number of hydrogen-bond donors (Lipinski definition) is 0. The first-order chi connectivity index (χ1) is 9.50. The summed E-state index contributed by atoms with van der Waals surface area (Å²) in [6.07, 6.45) is 3.02. The monoisotopic (exact) mass is 306 g/mol. The number of halogens is 1. The molecule has 3 aromatic rings. The van der Waals surface area contributed by atoms with Gasteiger partial charge in [-0.25, -0.2) is 12.4 Å². The van der Waals surface area contributed by atoms with Gasteiger partial charge in [0.05, 0.1) is 15.4 Å². The number of benzene rings is 1. The lowest BCUT2D eigenvalue weighted by atomic mass is 10.2. The fraction of sp³-hybridized carbons (Fsp3) is 0.0714. The molecule has 0 spiro atoms. The lowest BCUT2D eigenvalue weighted by molar-refractivity contribution is 0.589. The molecule has 20 heavy (non-hydrogen) atoms. The highest BCUT2D eigenvalue weighted by Gasteiger charge is 2.20. The van der Waals surface area contributed by atoms with E-state index in [0.717, 1.165) is 5.56 Å². The largest absolute Gasteiger partial charge is 0.268 e. The van der Waals surface area contributed by atoms with E-state index in [1.54, 1.807) is 42.6 Å². The van der Waals surface area contributed by atoms with Gasteiger partial charge in [0.15, 0.2) is 0 Å². The van der Waals surface area contributed by atoms with Gasteiger partial charge in [0.25, 0.3) is 10.0 Å². The summed E-state index contributed by atoms with van der Waals surface area (Å²) >= 11 is 6.10. The zero-order valence-electron chi connectivity index (χ0n) is 10.6. The second-order valence-electron chi connectivity index (χ2n) is 4.46. The summed E-state index contributed by atoms with van der Waals surface area (Å²) in [7, 11) is -3.67. The van der Waals surface area contributed by atoms with E-state index in [0.29, 0.717) is 16.1 Å². The van der Waals surface area contributed by atoms with Crippen molar-refractivity contribution < 1.29 is 8.42 Å². The van der Waals surface area contributed by atoms with Gasteiger partial charge in [-0.05, 0) is 31.2 Å². The van der Waals surface area contributed by atoms with E-state index in [-0.39, 0.29) is 4.90 Å². The summed E-state index contributed by atoms with van der Waals surface area (Å²) < 4.78 is 26.5. The van der Waals surface area contributed by atoms with Crippen LogP contribution in [0.4, 0.5) is 0 Å². The van der Waals surface area contributed by atoms with Crippen molar-refractivity contribution in [2.75, 3.05) is 0 Å². The summed E-state index contributed by atoms with van der Waals surface area (Å²) in [4.78, 5) is 4.34. The molecule has 6 heteroatoms. The van der Waals surface area contributed by atoms with Crippen LogP contribution in [0.2, 0.25) is 5.02 Å². The highest BCUT2D eigenvalue weighted by molar-refractivity contribution is 7.90. The molecule has 0 unspecified atom stereocenters. The first-order valence-electron chi connectivity index (χ1n) is 5.94. The minimum absolute atomic E-state index is 0.223. The number of hydrogen-bond acceptors (Lipinski definition) is 3. The van der Waals surface area contributed by atoms with E-state index in [1.165, 1.54) is 10.2 Å². The fourth-order valence-corrected chi connectivity index (χ4v) is 3.68. The van der Waals surface area contributed by atoms with E-state index < -0.39 is 10.0 Å². The maximum absolute atomic E-state index is 12.6. The molecule has 102 valence electrons. The Hall–Kier alpha value is -1.85. The lowest BCUT2D eigenvalue weighted by Gasteiger charge is -2.08. The Morgan fingerprint density at radius 2 is 1.80 bits per heavy atom. The predicted octanol–water partition coefficient (Wildman–Crippen LogP) is 3.24. The Morgan fingerprint density at radius 1 is 1.10 bits per heavy atom. The number of aromatic nitrogens is 2. The summed E-state index contributed by atoms with van der Waals surface area (Å²) in [6, 6.07) is 9.90. The van der Waals surface area contributed by atoms with E-state index >= 15 is 0 Å². The molecule has 0 aliphatic rings. The van der Waals surface area contributed by atoms with Crippen LogP contribution in [0.1, 0.15) is 5.56 Å². The molecular formula is C14H11ClN2O2S. The Balaban J connectivity index is 2.27. The second kappa shape index (κ2) is 4.61. The number of rotatable bonds is 2. The van der Waals surface area contributed by atoms with Gasteiger partial charge in [0.1, 0.15) is 5.52 Å². The summed E-state index contributed by atoms with van der Waals surface area (Å²) in [6.45, 7) is 1.91. The zero-order chi connectivity index (χ0) is 14.3. The van der Waals surface area contributed by atoms with Crippen LogP contribution in [-0.2, 0) is 10.0 Å². The number of fused-ring (bicyclic) bond motifs is 1. The van der Waals surface area contributed by atoms with Gasteiger partial charge < -0.3 is 0 Å². The molecule has 0 atom stereocenters. The first kappa shape index (κ1) is 13.1. The van der Waals surface area contributed by atoms with Crippen molar-refractivity contribution in [2.24, 2.45) is 0 Å². The third-order valence-corrected chi connectivity index (χ3v) is 5.06. The quantitative estimate of drug-likeness (QED) is 0.730. The molecule has 0 amide bonds. The number of pyridine rings is 1. The van der Waals surface area contributed by atoms with Crippen molar-refractivity contribution in [1.82, 2.24) is 8.96 Å². The molecule has 0 radical (unpaired) electrons. The standard InChI is InChI=1S/C14H11ClN2O2S/c1-10-2-4-11(5-3-10)20(18,19)17-9-7-13-14(17)12(15)6-8-16-13/h2-9H,1H3. The SMILES string of the molecule is Cc1ccc(S(=O)(=O)n2ccc3nccc(Cl)c32)cc1. The van der Waals surface area contributed by atoms with Crippen molar-refractivity contribution in [3.8, 4) is 0 Å². The van der Waals surface area contributed by atoms with Gasteiger partial charge in [-0.2, -0.15) is 0 Å². The molecule has 0 aliphatic heterocycles. The molecule has 0 fully saturated rings. The van der Waals surface area contributed by atoms with Crippen LogP contribution in [-0.4, -0.2) is 17.4 Å². The minimum atomic E-state index is -3.67. The van der Waals surface area contributed by atoms with Crippen LogP contribution in [0.15, 0.2) is 53.7 Å². The lowest BCUT2D eigenvalue weighted by Crippen LogP contribution is -2.12. The maximum Gasteiger partial charge on any atom is 0.268 e. The molecular weight excluding hydrogens is 296 g/mol. The van der Waals surface area contributed by atoms with E-state index in [1.807, 2.05) is 6.92 Å². The van der Waals surface area contributed by atoms with E-state index in [4.69, 9.17) is 11.6 Å². The number of nitrogens with zero attached hydrogens (tertiary/aromatic N) is 2. The van der Waals surface area contributed by atoms with Gasteiger partial charge in [0.2, 0.25) is 0 Å². The van der Waals surface area contributed by atoms with Crippen LogP contribution in [0, 0.1) is 6.92 Å². The molecule has 2 heterocycles. The van der Waals surface area contributed by atoms with E-state index in [9.17, 15) is 8.42 Å². The van der Waals surface area contributed by atoms with Gasteiger partial charge in [-0.1, -0.05) is 29.3 Å². The molecule has 3 rings (SSSR count). The topological polar surface area (TPSA) is 52.0 Å². The van der Waals surface area contributed by atoms with Crippen LogP contribution in [0.5, 0.6) is 0 Å². The van der Waals surface area contributed by atoms with Crippen molar-refractivity contribution in [1.29, 1.82) is 0 Å². The highest BCUT2D eigenvalue weighted by atomic mass is 35.5. The van der Waals surface area contributed by atoms with Crippen molar-refractivity contribution in [3.05, 3.63) is 59.4 Å². The molecule has 0 aliphatic carbocycles. The van der Waals surface area contributed by atoms with Crippen LogP contribution >= 0.6 is 11.6 Å². The maximum atomic E-state index is 12.6. The molecule has 1 aromatic carbocycles.